The van der Waals surface area contributed by atoms with Crippen molar-refractivity contribution in [3.05, 3.63) is 28.3 Å². The van der Waals surface area contributed by atoms with E-state index in [1.807, 2.05) is 21.0 Å². The number of ether oxygens (including phenoxy) is 1. The molecule has 1 aliphatic rings. The minimum atomic E-state index is -0.0484. The lowest BCUT2D eigenvalue weighted by molar-refractivity contribution is -0.126. The highest BCUT2D eigenvalue weighted by Gasteiger charge is 2.30. The number of nitrogens with zero attached hydrogens (tertiary/aromatic N) is 1. The number of carbonyl (C=O) groups excluding carboxylic acids is 1. The molecule has 0 saturated carbocycles. The summed E-state index contributed by atoms with van der Waals surface area (Å²) < 4.78 is 6.04. The first kappa shape index (κ1) is 20.7. The topological polar surface area (TPSA) is 61.8 Å². The summed E-state index contributed by atoms with van der Waals surface area (Å²) in [5.74, 6) is 1.30. The fourth-order valence-electron chi connectivity index (χ4n) is 3.79. The molecule has 0 fully saturated rings. The number of likely N-dealkylation sites (N-methyl/N-ethyl adjacent to an activating group) is 1. The number of aliphatic hydroxyl groups excluding tert-OH is 1. The van der Waals surface area contributed by atoms with Gasteiger partial charge in [-0.3, -0.25) is 4.79 Å². The van der Waals surface area contributed by atoms with Crippen molar-refractivity contribution in [3.8, 4) is 5.75 Å². The summed E-state index contributed by atoms with van der Waals surface area (Å²) in [4.78, 5) is 14.4. The van der Waals surface area contributed by atoms with Crippen molar-refractivity contribution >= 4 is 5.91 Å². The summed E-state index contributed by atoms with van der Waals surface area (Å²) in [7, 11) is 4.09. The van der Waals surface area contributed by atoms with E-state index in [1.165, 1.54) is 22.3 Å². The molecule has 1 aliphatic carbocycles. The third kappa shape index (κ3) is 4.98. The second-order valence-corrected chi connectivity index (χ2v) is 7.73. The standard InChI is InChI=1S/C21H34N2O3/c1-14-12-20(26-11-9-23(4)5)16(3)19-13-17(6-7-18(14)19)15(2)21(25)22-8-10-24/h12,15,17,24H,6-11,13H2,1-5H3,(H,22,25). The molecular formula is C21H34N2O3. The molecule has 0 aliphatic heterocycles. The zero-order valence-corrected chi connectivity index (χ0v) is 16.9. The zero-order valence-electron chi connectivity index (χ0n) is 16.9. The van der Waals surface area contributed by atoms with Gasteiger partial charge in [-0.05, 0) is 81.4 Å². The highest BCUT2D eigenvalue weighted by atomic mass is 16.5. The van der Waals surface area contributed by atoms with Crippen molar-refractivity contribution < 1.29 is 14.6 Å². The van der Waals surface area contributed by atoms with Crippen LogP contribution in [0.2, 0.25) is 0 Å². The van der Waals surface area contributed by atoms with Gasteiger partial charge in [-0.25, -0.2) is 0 Å². The lowest BCUT2D eigenvalue weighted by Gasteiger charge is -2.31. The molecule has 146 valence electrons. The van der Waals surface area contributed by atoms with E-state index in [0.717, 1.165) is 31.6 Å². The Kier molecular flexibility index (Phi) is 7.47. The van der Waals surface area contributed by atoms with Gasteiger partial charge in [-0.15, -0.1) is 0 Å². The van der Waals surface area contributed by atoms with Crippen LogP contribution >= 0.6 is 0 Å². The number of amides is 1. The van der Waals surface area contributed by atoms with Crippen molar-refractivity contribution in [2.24, 2.45) is 11.8 Å². The normalized spacial score (nSPS) is 17.7. The van der Waals surface area contributed by atoms with E-state index in [2.05, 4.69) is 30.1 Å². The Hall–Kier alpha value is -1.59. The molecule has 2 N–H and O–H groups in total. The molecule has 5 heteroatoms. The van der Waals surface area contributed by atoms with E-state index < -0.39 is 0 Å². The number of fused-ring (bicyclic) bond motifs is 1. The SMILES string of the molecule is Cc1cc(OCCN(C)C)c(C)c2c1CCC(C(C)C(=O)NCCO)C2. The molecule has 2 unspecified atom stereocenters. The Labute approximate surface area is 157 Å². The predicted molar refractivity (Wildman–Crippen MR) is 105 cm³/mol. The molecule has 0 aromatic heterocycles. The number of aryl methyl sites for hydroxylation is 1. The van der Waals surface area contributed by atoms with Crippen LogP contribution in [0, 0.1) is 25.7 Å². The molecule has 0 saturated heterocycles. The van der Waals surface area contributed by atoms with Gasteiger partial charge < -0.3 is 20.1 Å². The van der Waals surface area contributed by atoms with E-state index >= 15 is 0 Å². The zero-order chi connectivity index (χ0) is 19.3. The summed E-state index contributed by atoms with van der Waals surface area (Å²) >= 11 is 0. The molecule has 26 heavy (non-hydrogen) atoms. The van der Waals surface area contributed by atoms with Gasteiger partial charge in [0.15, 0.2) is 0 Å². The minimum Gasteiger partial charge on any atom is -0.492 e. The minimum absolute atomic E-state index is 0.0160. The smallest absolute Gasteiger partial charge is 0.223 e. The Bertz CT molecular complexity index is 628. The van der Waals surface area contributed by atoms with Crippen LogP contribution in [0.1, 0.15) is 35.6 Å². The van der Waals surface area contributed by atoms with Crippen LogP contribution in [0.25, 0.3) is 0 Å². The maximum Gasteiger partial charge on any atom is 0.223 e. The van der Waals surface area contributed by atoms with Crippen LogP contribution in [0.3, 0.4) is 0 Å². The molecule has 0 bridgehead atoms. The van der Waals surface area contributed by atoms with Crippen LogP contribution in [-0.4, -0.2) is 56.3 Å². The van der Waals surface area contributed by atoms with Gasteiger partial charge >= 0.3 is 0 Å². The monoisotopic (exact) mass is 362 g/mol. The molecule has 2 atom stereocenters. The molecule has 0 heterocycles. The highest BCUT2D eigenvalue weighted by Crippen LogP contribution is 2.37. The summed E-state index contributed by atoms with van der Waals surface area (Å²) in [6, 6.07) is 2.17. The summed E-state index contributed by atoms with van der Waals surface area (Å²) in [5.41, 5.74) is 5.31. The second-order valence-electron chi connectivity index (χ2n) is 7.73. The average molecular weight is 363 g/mol. The van der Waals surface area contributed by atoms with Crippen molar-refractivity contribution in [1.29, 1.82) is 0 Å². The predicted octanol–water partition coefficient (Wildman–Crippen LogP) is 2.09. The number of hydrogen-bond acceptors (Lipinski definition) is 4. The van der Waals surface area contributed by atoms with Gasteiger partial charge in [-0.1, -0.05) is 6.92 Å². The van der Waals surface area contributed by atoms with E-state index in [4.69, 9.17) is 9.84 Å². The molecule has 5 nitrogen and oxygen atoms in total. The number of hydrogen-bond donors (Lipinski definition) is 2. The Morgan fingerprint density at radius 2 is 2.12 bits per heavy atom. The molecule has 0 radical (unpaired) electrons. The highest BCUT2D eigenvalue weighted by molar-refractivity contribution is 5.78. The van der Waals surface area contributed by atoms with Gasteiger partial charge in [-0.2, -0.15) is 0 Å². The van der Waals surface area contributed by atoms with Gasteiger partial charge in [0.05, 0.1) is 6.61 Å². The third-order valence-electron chi connectivity index (χ3n) is 5.57. The van der Waals surface area contributed by atoms with Gasteiger partial charge in [0.2, 0.25) is 5.91 Å². The van der Waals surface area contributed by atoms with E-state index in [9.17, 15) is 4.79 Å². The average Bonchev–Trinajstić information content (AvgIpc) is 2.62. The maximum absolute atomic E-state index is 12.3. The summed E-state index contributed by atoms with van der Waals surface area (Å²) in [6.07, 6.45) is 2.96. The van der Waals surface area contributed by atoms with Crippen molar-refractivity contribution in [2.45, 2.75) is 40.0 Å². The first-order chi connectivity index (χ1) is 12.3. The van der Waals surface area contributed by atoms with Crippen LogP contribution in [0.4, 0.5) is 0 Å². The van der Waals surface area contributed by atoms with Crippen LogP contribution in [-0.2, 0) is 17.6 Å². The third-order valence-corrected chi connectivity index (χ3v) is 5.57. The molecule has 1 aromatic rings. The van der Waals surface area contributed by atoms with Gasteiger partial charge in [0, 0.05) is 19.0 Å². The summed E-state index contributed by atoms with van der Waals surface area (Å²) in [6.45, 7) is 8.18. The largest absolute Gasteiger partial charge is 0.492 e. The molecule has 1 amide bonds. The summed E-state index contributed by atoms with van der Waals surface area (Å²) in [5, 5.41) is 11.7. The van der Waals surface area contributed by atoms with Crippen LogP contribution in [0.15, 0.2) is 6.07 Å². The quantitative estimate of drug-likeness (QED) is 0.743. The van der Waals surface area contributed by atoms with E-state index in [1.54, 1.807) is 0 Å². The number of rotatable bonds is 8. The molecule has 1 aromatic carbocycles. The van der Waals surface area contributed by atoms with Gasteiger partial charge in [0.1, 0.15) is 12.4 Å². The van der Waals surface area contributed by atoms with Gasteiger partial charge in [0.25, 0.3) is 0 Å². The Morgan fingerprint density at radius 3 is 2.77 bits per heavy atom. The Balaban J connectivity index is 2.14. The number of nitrogens with one attached hydrogen (secondary N) is 1. The van der Waals surface area contributed by atoms with E-state index in [0.29, 0.717) is 19.1 Å². The Morgan fingerprint density at radius 1 is 1.38 bits per heavy atom. The molecule has 2 rings (SSSR count). The van der Waals surface area contributed by atoms with Crippen molar-refractivity contribution in [2.75, 3.05) is 40.4 Å². The molecular weight excluding hydrogens is 328 g/mol. The maximum atomic E-state index is 12.3. The number of benzene rings is 1. The number of aliphatic hydroxyl groups is 1. The lowest BCUT2D eigenvalue weighted by Crippen LogP contribution is -2.37. The van der Waals surface area contributed by atoms with Crippen molar-refractivity contribution in [1.82, 2.24) is 10.2 Å². The second kappa shape index (κ2) is 9.38. The fourth-order valence-corrected chi connectivity index (χ4v) is 3.79. The first-order valence-electron chi connectivity index (χ1n) is 9.63. The van der Waals surface area contributed by atoms with Crippen LogP contribution in [0.5, 0.6) is 5.75 Å². The lowest BCUT2D eigenvalue weighted by atomic mass is 9.74. The molecule has 0 spiro atoms. The fraction of sp³-hybridized carbons (Fsp3) is 0.667. The first-order valence-corrected chi connectivity index (χ1v) is 9.63. The number of carbonyl (C=O) groups is 1. The van der Waals surface area contributed by atoms with E-state index in [-0.39, 0.29) is 18.4 Å². The van der Waals surface area contributed by atoms with Crippen LogP contribution < -0.4 is 10.1 Å². The van der Waals surface area contributed by atoms with Crippen molar-refractivity contribution in [3.63, 3.8) is 0 Å².